The fraction of sp³-hybridized carbons (Fsp3) is 0.500. The predicted molar refractivity (Wildman–Crippen MR) is 90.1 cm³/mol. The van der Waals surface area contributed by atoms with Gasteiger partial charge in [0, 0.05) is 17.8 Å². The van der Waals surface area contributed by atoms with Crippen LogP contribution in [0.4, 0.5) is 5.13 Å². The van der Waals surface area contributed by atoms with Gasteiger partial charge in [0.2, 0.25) is 5.88 Å². The average molecular weight is 362 g/mol. The maximum Gasteiger partial charge on any atom is 0.315 e. The summed E-state index contributed by atoms with van der Waals surface area (Å²) in [6.07, 6.45) is 3.88. The van der Waals surface area contributed by atoms with E-state index >= 15 is 0 Å². The molecule has 8 nitrogen and oxygen atoms in total. The molecule has 132 valence electrons. The van der Waals surface area contributed by atoms with Crippen molar-refractivity contribution in [3.63, 3.8) is 0 Å². The maximum atomic E-state index is 12.5. The van der Waals surface area contributed by atoms with Crippen LogP contribution in [0.3, 0.4) is 0 Å². The number of thiazole rings is 1. The van der Waals surface area contributed by atoms with E-state index in [4.69, 9.17) is 9.47 Å². The molecule has 1 aliphatic carbocycles. The molecule has 4 rings (SSSR count). The van der Waals surface area contributed by atoms with Crippen molar-refractivity contribution in [1.82, 2.24) is 14.8 Å². The Hall–Kier alpha value is -2.42. The highest BCUT2D eigenvalue weighted by Crippen LogP contribution is 2.39. The lowest BCUT2D eigenvalue weighted by Crippen LogP contribution is -2.18. The zero-order chi connectivity index (χ0) is 17.4. The Morgan fingerprint density at radius 1 is 1.52 bits per heavy atom. The molecule has 2 aromatic heterocycles. The summed E-state index contributed by atoms with van der Waals surface area (Å²) in [7, 11) is 0. The van der Waals surface area contributed by atoms with Gasteiger partial charge in [0.1, 0.15) is 11.5 Å². The van der Waals surface area contributed by atoms with Crippen molar-refractivity contribution in [2.45, 2.75) is 38.6 Å². The molecule has 0 bridgehead atoms. The van der Waals surface area contributed by atoms with Crippen molar-refractivity contribution in [2.24, 2.45) is 0 Å². The molecule has 0 fully saturated rings. The minimum Gasteiger partial charge on any atom is -0.477 e. The SMILES string of the molecule is CCOC(=O)[C@H]1CCc2sc(NC(=O)c3cnn4c3OCCC4)nc21. The molecule has 1 N–H and O–H groups in total. The fourth-order valence-electron chi connectivity index (χ4n) is 3.14. The van der Waals surface area contributed by atoms with Gasteiger partial charge in [-0.2, -0.15) is 5.10 Å². The Balaban J connectivity index is 1.51. The van der Waals surface area contributed by atoms with Gasteiger partial charge in [0.05, 0.1) is 25.1 Å². The maximum absolute atomic E-state index is 12.5. The highest BCUT2D eigenvalue weighted by atomic mass is 32.1. The van der Waals surface area contributed by atoms with E-state index in [0.717, 1.165) is 30.0 Å². The van der Waals surface area contributed by atoms with Crippen molar-refractivity contribution in [3.8, 4) is 5.88 Å². The zero-order valence-electron chi connectivity index (χ0n) is 13.8. The largest absolute Gasteiger partial charge is 0.477 e. The molecular formula is C16H18N4O4S. The lowest BCUT2D eigenvalue weighted by atomic mass is 10.1. The van der Waals surface area contributed by atoms with E-state index < -0.39 is 0 Å². The van der Waals surface area contributed by atoms with Crippen LogP contribution < -0.4 is 10.1 Å². The number of esters is 1. The van der Waals surface area contributed by atoms with E-state index in [0.29, 0.717) is 36.2 Å². The second-order valence-electron chi connectivity index (χ2n) is 5.91. The highest BCUT2D eigenvalue weighted by molar-refractivity contribution is 7.16. The summed E-state index contributed by atoms with van der Waals surface area (Å²) in [4.78, 5) is 30.0. The summed E-state index contributed by atoms with van der Waals surface area (Å²) in [5, 5.41) is 7.46. The van der Waals surface area contributed by atoms with Crippen molar-refractivity contribution in [1.29, 1.82) is 0 Å². The lowest BCUT2D eigenvalue weighted by molar-refractivity contribution is -0.145. The molecular weight excluding hydrogens is 344 g/mol. The summed E-state index contributed by atoms with van der Waals surface area (Å²) >= 11 is 1.41. The Morgan fingerprint density at radius 3 is 3.24 bits per heavy atom. The second-order valence-corrected chi connectivity index (χ2v) is 7.00. The van der Waals surface area contributed by atoms with Crippen LogP contribution in [0.1, 0.15) is 46.6 Å². The van der Waals surface area contributed by atoms with Crippen molar-refractivity contribution >= 4 is 28.3 Å². The van der Waals surface area contributed by atoms with Gasteiger partial charge in [-0.3, -0.25) is 14.9 Å². The number of rotatable bonds is 4. The van der Waals surface area contributed by atoms with E-state index in [-0.39, 0.29) is 17.8 Å². The first-order chi connectivity index (χ1) is 12.2. The minimum absolute atomic E-state index is 0.247. The number of hydrogen-bond acceptors (Lipinski definition) is 7. The molecule has 2 aliphatic rings. The first kappa shape index (κ1) is 16.1. The van der Waals surface area contributed by atoms with E-state index in [1.165, 1.54) is 17.5 Å². The first-order valence-corrected chi connectivity index (χ1v) is 9.15. The van der Waals surface area contributed by atoms with E-state index in [2.05, 4.69) is 15.4 Å². The molecule has 2 aromatic rings. The fourth-order valence-corrected chi connectivity index (χ4v) is 4.18. The molecule has 3 heterocycles. The number of carbonyl (C=O) groups excluding carboxylic acids is 2. The molecule has 0 spiro atoms. The number of anilines is 1. The van der Waals surface area contributed by atoms with Gasteiger partial charge >= 0.3 is 5.97 Å². The molecule has 25 heavy (non-hydrogen) atoms. The number of aromatic nitrogens is 3. The number of fused-ring (bicyclic) bond motifs is 2. The van der Waals surface area contributed by atoms with E-state index in [1.807, 2.05) is 0 Å². The lowest BCUT2D eigenvalue weighted by Gasteiger charge is -2.15. The third kappa shape index (κ3) is 2.88. The summed E-state index contributed by atoms with van der Waals surface area (Å²) in [6.45, 7) is 3.47. The number of hydrogen-bond donors (Lipinski definition) is 1. The van der Waals surface area contributed by atoms with Crippen LogP contribution >= 0.6 is 11.3 Å². The Bertz CT molecular complexity index is 828. The van der Waals surface area contributed by atoms with Crippen LogP contribution in [0.25, 0.3) is 0 Å². The smallest absolute Gasteiger partial charge is 0.315 e. The normalized spacial score (nSPS) is 18.2. The first-order valence-electron chi connectivity index (χ1n) is 8.33. The molecule has 0 radical (unpaired) electrons. The Kier molecular flexibility index (Phi) is 4.16. The molecule has 1 amide bonds. The molecule has 0 saturated heterocycles. The number of carbonyl (C=O) groups is 2. The average Bonchev–Trinajstić information content (AvgIpc) is 3.27. The van der Waals surface area contributed by atoms with Crippen LogP contribution in [0.5, 0.6) is 5.88 Å². The van der Waals surface area contributed by atoms with Gasteiger partial charge in [-0.05, 0) is 19.8 Å². The quantitative estimate of drug-likeness (QED) is 0.836. The van der Waals surface area contributed by atoms with E-state index in [1.54, 1.807) is 11.6 Å². The van der Waals surface area contributed by atoms with Gasteiger partial charge in [0.25, 0.3) is 5.91 Å². The topological polar surface area (TPSA) is 95.3 Å². The van der Waals surface area contributed by atoms with Crippen LogP contribution in [-0.2, 0) is 22.5 Å². The monoisotopic (exact) mass is 362 g/mol. The van der Waals surface area contributed by atoms with Crippen LogP contribution in [0, 0.1) is 0 Å². The van der Waals surface area contributed by atoms with Gasteiger partial charge in [-0.15, -0.1) is 11.3 Å². The summed E-state index contributed by atoms with van der Waals surface area (Å²) < 4.78 is 12.3. The van der Waals surface area contributed by atoms with Crippen molar-refractivity contribution < 1.29 is 19.1 Å². The van der Waals surface area contributed by atoms with E-state index in [9.17, 15) is 9.59 Å². The Morgan fingerprint density at radius 2 is 2.40 bits per heavy atom. The second kappa shape index (κ2) is 6.47. The third-order valence-electron chi connectivity index (χ3n) is 4.30. The van der Waals surface area contributed by atoms with Crippen molar-refractivity contribution in [3.05, 3.63) is 22.3 Å². The summed E-state index contributed by atoms with van der Waals surface area (Å²) in [5.41, 5.74) is 1.13. The summed E-state index contributed by atoms with van der Waals surface area (Å²) in [5.74, 6) is -0.381. The molecule has 0 saturated carbocycles. The highest BCUT2D eigenvalue weighted by Gasteiger charge is 2.34. The van der Waals surface area contributed by atoms with Crippen LogP contribution in [-0.4, -0.2) is 39.9 Å². The van der Waals surface area contributed by atoms with Gasteiger partial charge in [-0.1, -0.05) is 0 Å². The van der Waals surface area contributed by atoms with Crippen molar-refractivity contribution in [2.75, 3.05) is 18.5 Å². The molecule has 1 atom stereocenters. The zero-order valence-corrected chi connectivity index (χ0v) is 14.6. The molecule has 0 unspecified atom stereocenters. The summed E-state index contributed by atoms with van der Waals surface area (Å²) in [6, 6.07) is 0. The number of amides is 1. The van der Waals surface area contributed by atoms with Gasteiger partial charge in [-0.25, -0.2) is 9.67 Å². The van der Waals surface area contributed by atoms with Crippen LogP contribution in [0.2, 0.25) is 0 Å². The number of nitrogens with zero attached hydrogens (tertiary/aromatic N) is 3. The number of ether oxygens (including phenoxy) is 2. The van der Waals surface area contributed by atoms with Crippen LogP contribution in [0.15, 0.2) is 6.20 Å². The van der Waals surface area contributed by atoms with Gasteiger partial charge < -0.3 is 9.47 Å². The Labute approximate surface area is 148 Å². The molecule has 0 aromatic carbocycles. The minimum atomic E-state index is -0.330. The number of aryl methyl sites for hydroxylation is 2. The number of nitrogens with one attached hydrogen (secondary N) is 1. The molecule has 1 aliphatic heterocycles. The standard InChI is InChI=1S/C16H18N4O4S/c1-2-23-15(22)9-4-5-11-12(9)18-16(25-11)19-13(21)10-8-17-20-6-3-7-24-14(10)20/h8-9H,2-7H2,1H3,(H,18,19,21)/t9-/m0/s1. The third-order valence-corrected chi connectivity index (χ3v) is 5.34. The molecule has 9 heteroatoms. The van der Waals surface area contributed by atoms with Gasteiger partial charge in [0.15, 0.2) is 5.13 Å². The predicted octanol–water partition coefficient (Wildman–Crippen LogP) is 1.97.